The number of barbiturate groups is 1. The van der Waals surface area contributed by atoms with Gasteiger partial charge in [0.05, 0.1) is 5.69 Å². The number of urea groups is 1. The number of oxime groups is 1. The molecule has 0 saturated carbocycles. The Morgan fingerprint density at radius 3 is 2.00 bits per heavy atom. The van der Waals surface area contributed by atoms with Gasteiger partial charge in [-0.2, -0.15) is 5.06 Å². The van der Waals surface area contributed by atoms with Crippen molar-refractivity contribution in [1.29, 1.82) is 0 Å². The fraction of sp³-hybridized carbons (Fsp3) is 0.0833. The van der Waals surface area contributed by atoms with Gasteiger partial charge in [-0.05, 0) is 12.1 Å². The molecule has 10 heteroatoms. The van der Waals surface area contributed by atoms with Crippen molar-refractivity contribution in [1.82, 2.24) is 10.6 Å². The van der Waals surface area contributed by atoms with Gasteiger partial charge in [-0.1, -0.05) is 23.4 Å². The molecule has 4 N–H and O–H groups in total. The number of para-hydroxylation sites is 1. The van der Waals surface area contributed by atoms with E-state index in [1.54, 1.807) is 34.9 Å². The van der Waals surface area contributed by atoms with Crippen LogP contribution in [-0.2, 0) is 14.4 Å². The van der Waals surface area contributed by atoms with Crippen LogP contribution in [0.4, 0.5) is 10.5 Å². The first-order chi connectivity index (χ1) is 10.4. The lowest BCUT2D eigenvalue weighted by molar-refractivity contribution is -0.122. The van der Waals surface area contributed by atoms with Gasteiger partial charge >= 0.3 is 6.03 Å². The second kappa shape index (κ2) is 7.50. The molecule has 0 aliphatic carbocycles. The van der Waals surface area contributed by atoms with E-state index in [-0.39, 0.29) is 0 Å². The van der Waals surface area contributed by atoms with E-state index in [9.17, 15) is 19.2 Å². The van der Waals surface area contributed by atoms with Crippen LogP contribution in [0.2, 0.25) is 0 Å². The first-order valence-corrected chi connectivity index (χ1v) is 5.80. The third-order valence-electron chi connectivity index (χ3n) is 2.28. The molecule has 0 bridgehead atoms. The molecule has 0 unspecified atom stereocenters. The van der Waals surface area contributed by atoms with Crippen LogP contribution in [0.25, 0.3) is 0 Å². The summed E-state index contributed by atoms with van der Waals surface area (Å²) in [6, 6.07) is 7.70. The van der Waals surface area contributed by atoms with Gasteiger partial charge in [0.15, 0.2) is 0 Å². The molecule has 10 nitrogen and oxygen atoms in total. The lowest BCUT2D eigenvalue weighted by Crippen LogP contribution is -2.56. The summed E-state index contributed by atoms with van der Waals surface area (Å²) in [4.78, 5) is 42.1. The number of carbonyl (C=O) groups is 4. The normalized spacial score (nSPS) is 13.4. The highest BCUT2D eigenvalue weighted by Crippen LogP contribution is 2.09. The van der Waals surface area contributed by atoms with Crippen molar-refractivity contribution in [2.45, 2.75) is 6.92 Å². The standard InChI is InChI=1S/C8H9NO2.C4H3N3O4/c1-7(10)9(11)8-5-3-2-4-6-8;8-2-1(7-11)3(9)6-4(10)5-2/h2-6,11H,1H3;11H,(H2,5,6,8,9,10). The van der Waals surface area contributed by atoms with E-state index in [0.717, 1.165) is 0 Å². The van der Waals surface area contributed by atoms with Crippen molar-refractivity contribution in [3.8, 4) is 0 Å². The lowest BCUT2D eigenvalue weighted by atomic mass is 10.3. The highest BCUT2D eigenvalue weighted by Gasteiger charge is 2.29. The van der Waals surface area contributed by atoms with E-state index in [0.29, 0.717) is 10.8 Å². The zero-order valence-electron chi connectivity index (χ0n) is 11.3. The summed E-state index contributed by atoms with van der Waals surface area (Å²) in [5.41, 5.74) is -0.246. The molecule has 1 heterocycles. The number of anilines is 1. The van der Waals surface area contributed by atoms with Gasteiger partial charge in [0.2, 0.25) is 11.6 Å². The Balaban J connectivity index is 0.000000220. The molecule has 0 spiro atoms. The van der Waals surface area contributed by atoms with E-state index in [1.165, 1.54) is 6.92 Å². The van der Waals surface area contributed by atoms with Gasteiger partial charge in [0, 0.05) is 6.92 Å². The van der Waals surface area contributed by atoms with Gasteiger partial charge in [-0.25, -0.2) is 4.79 Å². The highest BCUT2D eigenvalue weighted by molar-refractivity contribution is 6.68. The molecule has 0 atom stereocenters. The molecule has 116 valence electrons. The van der Waals surface area contributed by atoms with Crippen LogP contribution >= 0.6 is 0 Å². The number of hydrogen-bond donors (Lipinski definition) is 4. The number of nitrogens with zero attached hydrogens (tertiary/aromatic N) is 2. The van der Waals surface area contributed by atoms with Crippen LogP contribution in [0.5, 0.6) is 0 Å². The van der Waals surface area contributed by atoms with Crippen molar-refractivity contribution in [2.75, 3.05) is 5.06 Å². The second-order valence-corrected chi connectivity index (χ2v) is 3.85. The average Bonchev–Trinajstić information content (AvgIpc) is 2.47. The monoisotopic (exact) mass is 308 g/mol. The Morgan fingerprint density at radius 1 is 1.09 bits per heavy atom. The van der Waals surface area contributed by atoms with E-state index in [4.69, 9.17) is 10.4 Å². The molecule has 0 radical (unpaired) electrons. The molecule has 1 fully saturated rings. The van der Waals surface area contributed by atoms with Crippen LogP contribution < -0.4 is 15.7 Å². The Labute approximate surface area is 124 Å². The van der Waals surface area contributed by atoms with Crippen molar-refractivity contribution < 1.29 is 29.6 Å². The van der Waals surface area contributed by atoms with Crippen molar-refractivity contribution >= 4 is 35.2 Å². The molecule has 5 amide bonds. The largest absolute Gasteiger partial charge is 0.410 e. The molecule has 22 heavy (non-hydrogen) atoms. The minimum absolute atomic E-state index is 0.392. The van der Waals surface area contributed by atoms with Gasteiger partial charge in [0.1, 0.15) is 0 Å². The molecule has 1 saturated heterocycles. The molecule has 1 aromatic carbocycles. The van der Waals surface area contributed by atoms with E-state index < -0.39 is 29.5 Å². The molecule has 1 aromatic rings. The van der Waals surface area contributed by atoms with Crippen LogP contribution in [0.15, 0.2) is 35.5 Å². The summed E-state index contributed by atoms with van der Waals surface area (Å²) in [7, 11) is 0. The predicted octanol–water partition coefficient (Wildman–Crippen LogP) is -0.389. The number of nitrogens with one attached hydrogen (secondary N) is 2. The SMILES string of the molecule is CC(=O)N(O)c1ccccc1.O=C1NC(=O)C(=NO)C(=O)N1. The Bertz CT molecular complexity index is 606. The highest BCUT2D eigenvalue weighted by atomic mass is 16.5. The van der Waals surface area contributed by atoms with Gasteiger partial charge < -0.3 is 5.21 Å². The average molecular weight is 308 g/mol. The molecule has 0 aromatic heterocycles. The molecule has 1 aliphatic rings. The fourth-order valence-electron chi connectivity index (χ4n) is 1.30. The second-order valence-electron chi connectivity index (χ2n) is 3.85. The summed E-state index contributed by atoms with van der Waals surface area (Å²) in [6.07, 6.45) is 0. The first kappa shape index (κ1) is 16.8. The minimum Gasteiger partial charge on any atom is -0.410 e. The van der Waals surface area contributed by atoms with E-state index in [1.807, 2.05) is 6.07 Å². The number of amides is 5. The maximum Gasteiger partial charge on any atom is 0.328 e. The molecular formula is C12H12N4O6. The summed E-state index contributed by atoms with van der Waals surface area (Å²) < 4.78 is 0. The summed E-state index contributed by atoms with van der Waals surface area (Å²) >= 11 is 0. The van der Waals surface area contributed by atoms with Crippen molar-refractivity contribution in [3.63, 3.8) is 0 Å². The van der Waals surface area contributed by atoms with Gasteiger partial charge in [-0.3, -0.25) is 30.2 Å². The molecule has 2 rings (SSSR count). The zero-order valence-corrected chi connectivity index (χ0v) is 11.3. The first-order valence-electron chi connectivity index (χ1n) is 5.80. The maximum absolute atomic E-state index is 10.6. The van der Waals surface area contributed by atoms with Crippen molar-refractivity contribution in [2.24, 2.45) is 5.16 Å². The lowest BCUT2D eigenvalue weighted by Gasteiger charge is -2.11. The summed E-state index contributed by atoms with van der Waals surface area (Å²) in [5, 5.41) is 23.6. The summed E-state index contributed by atoms with van der Waals surface area (Å²) in [6.45, 7) is 1.30. The Morgan fingerprint density at radius 2 is 1.59 bits per heavy atom. The quantitative estimate of drug-likeness (QED) is 0.315. The zero-order chi connectivity index (χ0) is 16.7. The third-order valence-corrected chi connectivity index (χ3v) is 2.28. The van der Waals surface area contributed by atoms with Crippen LogP contribution in [0.1, 0.15) is 6.92 Å². The van der Waals surface area contributed by atoms with Crippen molar-refractivity contribution in [3.05, 3.63) is 30.3 Å². The van der Waals surface area contributed by atoms with E-state index >= 15 is 0 Å². The number of imide groups is 2. The number of benzene rings is 1. The summed E-state index contributed by atoms with van der Waals surface area (Å²) in [5.74, 6) is -2.42. The number of hydrogen-bond acceptors (Lipinski definition) is 7. The van der Waals surface area contributed by atoms with Crippen LogP contribution in [0, 0.1) is 0 Å². The number of carbonyl (C=O) groups excluding carboxylic acids is 4. The maximum atomic E-state index is 10.6. The minimum atomic E-state index is -1.01. The molecule has 1 aliphatic heterocycles. The van der Waals surface area contributed by atoms with Crippen LogP contribution in [-0.4, -0.2) is 39.9 Å². The van der Waals surface area contributed by atoms with E-state index in [2.05, 4.69) is 5.16 Å². The topological polar surface area (TPSA) is 148 Å². The number of rotatable bonds is 1. The number of hydroxylamine groups is 1. The predicted molar refractivity (Wildman–Crippen MR) is 72.3 cm³/mol. The Hall–Kier alpha value is -3.27. The third kappa shape index (κ3) is 4.38. The molecular weight excluding hydrogens is 296 g/mol. The smallest absolute Gasteiger partial charge is 0.328 e. The van der Waals surface area contributed by atoms with Crippen LogP contribution in [0.3, 0.4) is 0 Å². The van der Waals surface area contributed by atoms with Gasteiger partial charge in [0.25, 0.3) is 11.8 Å². The fourth-order valence-corrected chi connectivity index (χ4v) is 1.30. The Kier molecular flexibility index (Phi) is 5.72. The van der Waals surface area contributed by atoms with Gasteiger partial charge in [-0.15, -0.1) is 0 Å².